The lowest BCUT2D eigenvalue weighted by Crippen LogP contribution is -2.31. The summed E-state index contributed by atoms with van der Waals surface area (Å²) in [6, 6.07) is 3.57. The Hall–Kier alpha value is -2.21. The number of aryl methyl sites for hydroxylation is 2. The maximum atomic E-state index is 12.1. The fraction of sp³-hybridized carbons (Fsp3) is 0.500. The third-order valence-corrected chi connectivity index (χ3v) is 4.59. The highest BCUT2D eigenvalue weighted by atomic mass is 16.1. The number of carbonyl (C=O) groups is 1. The number of imidazole rings is 1. The number of carbonyl (C=O) groups excluding carboxylic acids is 1. The first-order chi connectivity index (χ1) is 11.7. The lowest BCUT2D eigenvalue weighted by atomic mass is 10.1. The molecule has 6 heteroatoms. The Morgan fingerprint density at radius 1 is 1.50 bits per heavy atom. The summed E-state index contributed by atoms with van der Waals surface area (Å²) < 4.78 is 0. The summed E-state index contributed by atoms with van der Waals surface area (Å²) in [6.07, 6.45) is 5.32. The van der Waals surface area contributed by atoms with Crippen LogP contribution in [0.1, 0.15) is 40.9 Å². The molecular formula is C18H25N5O. The molecule has 6 nitrogen and oxygen atoms in total. The number of H-pyrrole nitrogens is 1. The van der Waals surface area contributed by atoms with E-state index >= 15 is 0 Å². The summed E-state index contributed by atoms with van der Waals surface area (Å²) in [5.41, 5.74) is 2.93. The summed E-state index contributed by atoms with van der Waals surface area (Å²) in [5.74, 6) is 1.51. The number of hydrogen-bond donors (Lipinski definition) is 2. The summed E-state index contributed by atoms with van der Waals surface area (Å²) in [4.78, 5) is 26.5. The van der Waals surface area contributed by atoms with E-state index in [1.165, 1.54) is 5.69 Å². The molecule has 1 saturated heterocycles. The average Bonchev–Trinajstić information content (AvgIpc) is 3.20. The third-order valence-electron chi connectivity index (χ3n) is 4.59. The Morgan fingerprint density at radius 3 is 3.08 bits per heavy atom. The van der Waals surface area contributed by atoms with Crippen LogP contribution in [0.5, 0.6) is 0 Å². The van der Waals surface area contributed by atoms with Crippen molar-refractivity contribution in [1.29, 1.82) is 0 Å². The fourth-order valence-corrected chi connectivity index (χ4v) is 3.16. The van der Waals surface area contributed by atoms with Crippen LogP contribution in [-0.2, 0) is 13.0 Å². The van der Waals surface area contributed by atoms with Crippen molar-refractivity contribution in [2.45, 2.75) is 33.2 Å². The van der Waals surface area contributed by atoms with Crippen LogP contribution in [0, 0.1) is 12.8 Å². The Labute approximate surface area is 142 Å². The quantitative estimate of drug-likeness (QED) is 0.850. The van der Waals surface area contributed by atoms with E-state index in [9.17, 15) is 4.79 Å². The summed E-state index contributed by atoms with van der Waals surface area (Å²) in [7, 11) is 0. The molecule has 0 radical (unpaired) electrons. The normalized spacial score (nSPS) is 18.0. The molecule has 2 aromatic rings. The summed E-state index contributed by atoms with van der Waals surface area (Å²) >= 11 is 0. The topological polar surface area (TPSA) is 73.9 Å². The maximum absolute atomic E-state index is 12.1. The van der Waals surface area contributed by atoms with Crippen LogP contribution in [0.25, 0.3) is 0 Å². The van der Waals surface area contributed by atoms with E-state index in [1.807, 2.05) is 0 Å². The molecule has 2 aromatic heterocycles. The van der Waals surface area contributed by atoms with Crippen LogP contribution in [0.3, 0.4) is 0 Å². The lowest BCUT2D eigenvalue weighted by molar-refractivity contribution is 0.0947. The largest absolute Gasteiger partial charge is 0.352 e. The Bertz CT molecular complexity index is 682. The van der Waals surface area contributed by atoms with Crippen molar-refractivity contribution in [1.82, 2.24) is 25.2 Å². The van der Waals surface area contributed by atoms with E-state index in [0.29, 0.717) is 18.0 Å². The first kappa shape index (κ1) is 16.6. The minimum Gasteiger partial charge on any atom is -0.352 e. The molecule has 1 aliphatic rings. The molecule has 0 unspecified atom stereocenters. The van der Waals surface area contributed by atoms with Crippen LogP contribution in [0.4, 0.5) is 0 Å². The number of pyridine rings is 1. The first-order valence-electron chi connectivity index (χ1n) is 8.60. The molecule has 1 fully saturated rings. The van der Waals surface area contributed by atoms with E-state index in [0.717, 1.165) is 44.0 Å². The second kappa shape index (κ2) is 7.57. The molecule has 1 atom stereocenters. The van der Waals surface area contributed by atoms with E-state index in [-0.39, 0.29) is 5.91 Å². The standard InChI is InChI=1S/C18H25N5O/c1-3-17-21-13(2)16(22-17)12-23-8-6-14(11-23)9-20-18(24)15-5-4-7-19-10-15/h4-5,7,10,14H,3,6,8-9,11-12H2,1-2H3,(H,20,24)(H,21,22)/t14-/m1/s1. The van der Waals surface area contributed by atoms with Gasteiger partial charge in [-0.2, -0.15) is 0 Å². The van der Waals surface area contributed by atoms with Gasteiger partial charge >= 0.3 is 0 Å². The van der Waals surface area contributed by atoms with Crippen molar-refractivity contribution >= 4 is 5.91 Å². The second-order valence-electron chi connectivity index (χ2n) is 6.45. The fourth-order valence-electron chi connectivity index (χ4n) is 3.16. The molecule has 1 amide bonds. The molecule has 0 aromatic carbocycles. The van der Waals surface area contributed by atoms with Crippen LogP contribution >= 0.6 is 0 Å². The zero-order valence-electron chi connectivity index (χ0n) is 14.4. The Balaban J connectivity index is 1.47. The Kier molecular flexibility index (Phi) is 5.25. The van der Waals surface area contributed by atoms with Crippen molar-refractivity contribution in [3.8, 4) is 0 Å². The van der Waals surface area contributed by atoms with Crippen molar-refractivity contribution < 1.29 is 4.79 Å². The van der Waals surface area contributed by atoms with E-state index in [1.54, 1.807) is 24.5 Å². The average molecular weight is 327 g/mol. The maximum Gasteiger partial charge on any atom is 0.252 e. The first-order valence-corrected chi connectivity index (χ1v) is 8.60. The van der Waals surface area contributed by atoms with Gasteiger partial charge in [0.25, 0.3) is 5.91 Å². The Morgan fingerprint density at radius 2 is 2.38 bits per heavy atom. The molecule has 2 N–H and O–H groups in total. The van der Waals surface area contributed by atoms with Gasteiger partial charge in [0.15, 0.2) is 0 Å². The van der Waals surface area contributed by atoms with Gasteiger partial charge < -0.3 is 10.3 Å². The van der Waals surface area contributed by atoms with Gasteiger partial charge in [-0.05, 0) is 37.9 Å². The summed E-state index contributed by atoms with van der Waals surface area (Å²) in [5, 5.41) is 3.02. The number of rotatable bonds is 6. The third kappa shape index (κ3) is 4.00. The molecule has 3 heterocycles. The van der Waals surface area contributed by atoms with Gasteiger partial charge in [0.2, 0.25) is 0 Å². The predicted molar refractivity (Wildman–Crippen MR) is 92.7 cm³/mol. The van der Waals surface area contributed by atoms with Gasteiger partial charge in [0, 0.05) is 44.1 Å². The molecule has 3 rings (SSSR count). The van der Waals surface area contributed by atoms with E-state index < -0.39 is 0 Å². The number of aromatic amines is 1. The zero-order valence-corrected chi connectivity index (χ0v) is 14.4. The van der Waals surface area contributed by atoms with Crippen molar-refractivity contribution in [2.75, 3.05) is 19.6 Å². The monoisotopic (exact) mass is 327 g/mol. The smallest absolute Gasteiger partial charge is 0.252 e. The van der Waals surface area contributed by atoms with Crippen molar-refractivity contribution in [2.24, 2.45) is 5.92 Å². The molecule has 0 bridgehead atoms. The van der Waals surface area contributed by atoms with Crippen LogP contribution in [0.2, 0.25) is 0 Å². The summed E-state index contributed by atoms with van der Waals surface area (Å²) in [6.45, 7) is 7.85. The van der Waals surface area contributed by atoms with Gasteiger partial charge in [-0.3, -0.25) is 14.7 Å². The minimum absolute atomic E-state index is 0.0442. The molecular weight excluding hydrogens is 302 g/mol. The highest BCUT2D eigenvalue weighted by molar-refractivity contribution is 5.93. The van der Waals surface area contributed by atoms with Gasteiger partial charge in [-0.15, -0.1) is 0 Å². The van der Waals surface area contributed by atoms with E-state index in [2.05, 4.69) is 39.0 Å². The molecule has 0 saturated carbocycles. The van der Waals surface area contributed by atoms with Gasteiger partial charge in [-0.1, -0.05) is 6.92 Å². The van der Waals surface area contributed by atoms with Crippen LogP contribution < -0.4 is 5.32 Å². The minimum atomic E-state index is -0.0442. The van der Waals surface area contributed by atoms with Crippen molar-refractivity contribution in [3.63, 3.8) is 0 Å². The zero-order chi connectivity index (χ0) is 16.9. The number of likely N-dealkylation sites (tertiary alicyclic amines) is 1. The second-order valence-corrected chi connectivity index (χ2v) is 6.45. The van der Waals surface area contributed by atoms with Crippen LogP contribution in [-0.4, -0.2) is 45.4 Å². The number of aromatic nitrogens is 3. The molecule has 128 valence electrons. The van der Waals surface area contributed by atoms with Crippen molar-refractivity contribution in [3.05, 3.63) is 47.3 Å². The van der Waals surface area contributed by atoms with Crippen LogP contribution in [0.15, 0.2) is 24.5 Å². The molecule has 1 aliphatic heterocycles. The lowest BCUT2D eigenvalue weighted by Gasteiger charge is -2.15. The SMILES string of the molecule is CCc1nc(CN2CC[C@H](CNC(=O)c3cccnc3)C2)c(C)[nH]1. The number of nitrogens with one attached hydrogen (secondary N) is 2. The number of hydrogen-bond acceptors (Lipinski definition) is 4. The number of amides is 1. The molecule has 0 aliphatic carbocycles. The predicted octanol–water partition coefficient (Wildman–Crippen LogP) is 1.93. The number of nitrogens with zero attached hydrogens (tertiary/aromatic N) is 3. The van der Waals surface area contributed by atoms with E-state index in [4.69, 9.17) is 0 Å². The highest BCUT2D eigenvalue weighted by Gasteiger charge is 2.24. The van der Waals surface area contributed by atoms with Gasteiger partial charge in [-0.25, -0.2) is 4.98 Å². The highest BCUT2D eigenvalue weighted by Crippen LogP contribution is 2.19. The molecule has 24 heavy (non-hydrogen) atoms. The van der Waals surface area contributed by atoms with Gasteiger partial charge in [0.1, 0.15) is 5.82 Å². The molecule has 0 spiro atoms. The van der Waals surface area contributed by atoms with Gasteiger partial charge in [0.05, 0.1) is 11.3 Å².